The van der Waals surface area contributed by atoms with Crippen LogP contribution in [-0.4, -0.2) is 172 Å². The molecule has 452 valence electrons. The Kier molecular flexibility index (Phi) is 13.7. The Morgan fingerprint density at radius 3 is 1.58 bits per heavy atom. The van der Waals surface area contributed by atoms with Crippen molar-refractivity contribution in [1.82, 2.24) is 4.90 Å². The minimum Gasteiger partial charge on any atom is -0.504 e. The van der Waals surface area contributed by atoms with E-state index in [2.05, 4.69) is 64.7 Å². The fourth-order valence-corrected chi connectivity index (χ4v) is 20.3. The summed E-state index contributed by atoms with van der Waals surface area (Å²) in [5.41, 5.74) is 7.89. The number of benzene rings is 3. The first-order valence-electron chi connectivity index (χ1n) is 30.9. The third-order valence-electron chi connectivity index (χ3n) is 24.3. The molecule has 9 unspecified atom stereocenters. The number of quaternary nitrogens is 3. The number of carbonyl (C=O) groups is 1. The first-order chi connectivity index (χ1) is 39.9. The van der Waals surface area contributed by atoms with E-state index in [0.717, 1.165) is 105 Å². The lowest BCUT2D eigenvalue weighted by atomic mass is 9.50. The number of rotatable bonds is 9. The maximum atomic E-state index is 13.2. The van der Waals surface area contributed by atoms with Gasteiger partial charge >= 0.3 is 0 Å². The van der Waals surface area contributed by atoms with Crippen molar-refractivity contribution in [2.45, 2.75) is 150 Å². The van der Waals surface area contributed by atoms with Crippen LogP contribution in [-0.2, 0) is 40.3 Å². The van der Waals surface area contributed by atoms with Gasteiger partial charge in [0.15, 0.2) is 34.5 Å². The van der Waals surface area contributed by atoms with Gasteiger partial charge in [-0.1, -0.05) is 70.5 Å². The number of aliphatic hydroxyl groups is 2. The van der Waals surface area contributed by atoms with Gasteiger partial charge in [0.1, 0.15) is 42.6 Å². The second-order valence-corrected chi connectivity index (χ2v) is 28.2. The Hall–Kier alpha value is -6.29. The van der Waals surface area contributed by atoms with E-state index in [0.29, 0.717) is 53.1 Å². The number of likely N-dealkylation sites (N-methyl/N-ethyl adjacent to an activating group) is 4. The molecule has 6 aliphatic heterocycles. The summed E-state index contributed by atoms with van der Waals surface area (Å²) in [7, 11) is 9.06. The van der Waals surface area contributed by atoms with Crippen molar-refractivity contribution in [2.24, 2.45) is 23.7 Å². The number of likely N-dealkylation sites (tertiary alicyclic amines) is 3. The maximum Gasteiger partial charge on any atom is 0.246 e. The SMILES string of the molecule is C.C.C=CC[N@+]1(C)CC[C@@]23c4c5ccc(O)c4OC2[C@H](O)C=CC3C1C5.C=CC[N@@+]1(C)CC[C@@]23c4c5ccc(O)c4OC2[C@H](O)C=CC3C1C5.CN(C(=O)/C=C/c1ccoc1)[C@H]1CCC2C3Cc4ccc(O)c5c4[C@]2(CC[N@+]3(C)CC2CC2)C1O5. The molecule has 3 aromatic carbocycles. The zero-order chi connectivity index (χ0) is 57.3. The van der Waals surface area contributed by atoms with E-state index in [1.165, 1.54) is 57.3 Å². The van der Waals surface area contributed by atoms with E-state index in [9.17, 15) is 30.3 Å². The molecule has 3 spiro atoms. The fraction of sp³-hybridized carbons (Fsp3) is 0.535. The molecule has 7 aliphatic carbocycles. The first-order valence-corrected chi connectivity index (χ1v) is 30.9. The number of piperidine rings is 3. The third kappa shape index (κ3) is 7.95. The highest BCUT2D eigenvalue weighted by atomic mass is 16.5. The third-order valence-corrected chi connectivity index (χ3v) is 24.3. The molecule has 4 aromatic rings. The van der Waals surface area contributed by atoms with Gasteiger partial charge in [0.05, 0.1) is 101 Å². The average molecular weight is 1160 g/mol. The lowest BCUT2D eigenvalue weighted by Gasteiger charge is -2.62. The zero-order valence-electron chi connectivity index (χ0n) is 48.6. The van der Waals surface area contributed by atoms with Crippen LogP contribution in [0.25, 0.3) is 6.08 Å². The van der Waals surface area contributed by atoms with Crippen molar-refractivity contribution in [3.63, 3.8) is 0 Å². The number of nitrogens with zero attached hydrogens (tertiary/aromatic N) is 4. The monoisotopic (exact) mass is 1160 g/mol. The van der Waals surface area contributed by atoms with Gasteiger partial charge in [-0.25, -0.2) is 0 Å². The highest BCUT2D eigenvalue weighted by molar-refractivity contribution is 5.92. The van der Waals surface area contributed by atoms with Gasteiger partial charge in [-0.05, 0) is 84.9 Å². The van der Waals surface area contributed by atoms with Gasteiger partial charge in [0, 0.05) is 97.6 Å². The van der Waals surface area contributed by atoms with Gasteiger partial charge < -0.3 is 62.5 Å². The maximum absolute atomic E-state index is 13.2. The van der Waals surface area contributed by atoms with Gasteiger partial charge in [-0.15, -0.1) is 0 Å². The number of phenolic OH excluding ortho intramolecular Hbond substituents is 3. The molecule has 1 amide bonds. The molecule has 0 radical (unpaired) electrons. The van der Waals surface area contributed by atoms with Crippen LogP contribution in [0.4, 0.5) is 0 Å². The average Bonchev–Trinajstić information content (AvgIpc) is 1.64. The highest BCUT2D eigenvalue weighted by Gasteiger charge is 2.72. The molecule has 18 atom stereocenters. The number of phenols is 3. The Labute approximate surface area is 502 Å². The predicted molar refractivity (Wildman–Crippen MR) is 328 cm³/mol. The zero-order valence-corrected chi connectivity index (χ0v) is 48.6. The molecule has 5 fully saturated rings. The standard InChI is InChI=1S/C29H34N2O4.2C20H23NO3.2CH4/c1-30(25(33)10-5-19-11-14-34-17-19)22-8-7-21-23-15-20-6-9-24(32)27-26(20)29(21,28(22)35-27)12-13-31(23,2)16-18-3-4-18;2*1-3-9-21(2)10-8-20-13-5-7-16(23)19(20)24-18-15(22)6-4-12(17(18)20)11-14(13)21;;/h5-6,9-11,14,17-18,21-23,28H,3-4,7-8,12-13,15-16H2,1-2H3;2*3-7,13-14,16,19,23H,1,8-11H2,2H3;2*1H4/p+3/b10-5+;;;;/t21?,22-,23?,28?,29+,31+;13?,14?,16-,19?,20-,21+;13?,14?,16-,19?,20-,21-;;/m011../s1. The summed E-state index contributed by atoms with van der Waals surface area (Å²) in [5, 5.41) is 52.7. The van der Waals surface area contributed by atoms with Crippen molar-refractivity contribution in [3.05, 3.63) is 150 Å². The molecule has 2 saturated carbocycles. The molecule has 13 aliphatic rings. The Bertz CT molecular complexity index is 3310. The number of hydrogen-bond donors (Lipinski definition) is 5. The lowest BCUT2D eigenvalue weighted by molar-refractivity contribution is -0.946. The lowest BCUT2D eigenvalue weighted by Crippen LogP contribution is -2.73. The van der Waals surface area contributed by atoms with Crippen LogP contribution >= 0.6 is 0 Å². The smallest absolute Gasteiger partial charge is 0.246 e. The van der Waals surface area contributed by atoms with Gasteiger partial charge in [-0.3, -0.25) is 4.79 Å². The van der Waals surface area contributed by atoms with Gasteiger partial charge in [-0.2, -0.15) is 0 Å². The number of carbonyl (C=O) groups excluding carboxylic acids is 1. The predicted octanol–water partition coefficient (Wildman–Crippen LogP) is 9.19. The van der Waals surface area contributed by atoms with E-state index in [4.69, 9.17) is 18.6 Å². The van der Waals surface area contributed by atoms with Crippen LogP contribution in [0.3, 0.4) is 0 Å². The molecule has 85 heavy (non-hydrogen) atoms. The highest BCUT2D eigenvalue weighted by Crippen LogP contribution is 2.67. The summed E-state index contributed by atoms with van der Waals surface area (Å²) in [5.74, 6) is 4.64. The number of aromatic hydroxyl groups is 3. The number of ether oxygens (including phenoxy) is 3. The summed E-state index contributed by atoms with van der Waals surface area (Å²) in [4.78, 5) is 15.1. The molecule has 14 heteroatoms. The Balaban J connectivity index is 0.000000120. The minimum absolute atomic E-state index is 0. The minimum atomic E-state index is -0.615. The second kappa shape index (κ2) is 20.1. The molecule has 1 aromatic heterocycles. The summed E-state index contributed by atoms with van der Waals surface area (Å²) in [6, 6.07) is 14.9. The fourth-order valence-electron chi connectivity index (χ4n) is 20.3. The van der Waals surface area contributed by atoms with Crippen molar-refractivity contribution in [3.8, 4) is 34.5 Å². The van der Waals surface area contributed by atoms with Crippen molar-refractivity contribution in [1.29, 1.82) is 0 Å². The van der Waals surface area contributed by atoms with Crippen LogP contribution in [0.5, 0.6) is 34.5 Å². The van der Waals surface area contributed by atoms with Crippen LogP contribution in [0, 0.1) is 23.7 Å². The summed E-state index contributed by atoms with van der Waals surface area (Å²) in [6.45, 7) is 14.4. The van der Waals surface area contributed by atoms with Crippen LogP contribution in [0.15, 0.2) is 115 Å². The molecular formula is C71H91N4O10+3. The Morgan fingerprint density at radius 1 is 0.624 bits per heavy atom. The van der Waals surface area contributed by atoms with Gasteiger partial charge in [0.25, 0.3) is 0 Å². The largest absolute Gasteiger partial charge is 0.504 e. The summed E-state index contributed by atoms with van der Waals surface area (Å²) < 4.78 is 27.3. The topological polar surface area (TPSA) is 162 Å². The summed E-state index contributed by atoms with van der Waals surface area (Å²) >= 11 is 0. The van der Waals surface area contributed by atoms with Crippen LogP contribution < -0.4 is 14.2 Å². The molecule has 5 N–H and O–H groups in total. The van der Waals surface area contributed by atoms with E-state index in [1.54, 1.807) is 36.8 Å². The number of aliphatic hydroxyl groups excluding tert-OH is 2. The Morgan fingerprint density at radius 2 is 1.09 bits per heavy atom. The molecule has 3 saturated heterocycles. The second-order valence-electron chi connectivity index (χ2n) is 28.2. The van der Waals surface area contributed by atoms with E-state index >= 15 is 0 Å². The normalized spacial score (nSPS) is 39.9. The number of furan rings is 1. The first kappa shape index (κ1) is 57.8. The number of hydrogen-bond acceptors (Lipinski definition) is 10. The van der Waals surface area contributed by atoms with E-state index in [-0.39, 0.29) is 78.6 Å². The molecular weight excluding hydrogens is 1070 g/mol. The summed E-state index contributed by atoms with van der Waals surface area (Å²) in [6.07, 6.45) is 27.9. The molecule has 17 rings (SSSR count). The van der Waals surface area contributed by atoms with E-state index in [1.807, 2.05) is 48.4 Å². The van der Waals surface area contributed by atoms with Gasteiger partial charge in [0.2, 0.25) is 5.91 Å². The molecule has 14 nitrogen and oxygen atoms in total. The van der Waals surface area contributed by atoms with Crippen molar-refractivity contribution < 1.29 is 62.4 Å². The quantitative estimate of drug-likeness (QED) is 0.0621. The van der Waals surface area contributed by atoms with E-state index < -0.39 is 12.2 Å². The molecule has 7 heterocycles. The number of amides is 1. The van der Waals surface area contributed by atoms with Crippen LogP contribution in [0.2, 0.25) is 0 Å². The van der Waals surface area contributed by atoms with Crippen LogP contribution in [0.1, 0.15) is 98.7 Å². The van der Waals surface area contributed by atoms with Crippen molar-refractivity contribution in [2.75, 3.05) is 67.5 Å². The molecule has 6 bridgehead atoms. The van der Waals surface area contributed by atoms with Crippen molar-refractivity contribution >= 4 is 12.0 Å².